The van der Waals surface area contributed by atoms with Crippen LogP contribution < -0.4 is 0 Å². The third kappa shape index (κ3) is 6.20. The number of ether oxygens (including phenoxy) is 1. The van der Waals surface area contributed by atoms with Gasteiger partial charge in [0.05, 0.1) is 12.3 Å². The van der Waals surface area contributed by atoms with E-state index in [9.17, 15) is 9.59 Å². The van der Waals surface area contributed by atoms with Gasteiger partial charge in [-0.3, -0.25) is 9.78 Å². The maximum absolute atomic E-state index is 13.3. The lowest BCUT2D eigenvalue weighted by Crippen LogP contribution is -2.19. The van der Waals surface area contributed by atoms with Crippen molar-refractivity contribution in [3.8, 4) is 11.4 Å². The Morgan fingerprint density at radius 3 is 2.58 bits per heavy atom. The molecule has 1 N–H and O–H groups in total. The highest BCUT2D eigenvalue weighted by Gasteiger charge is 2.18. The van der Waals surface area contributed by atoms with Gasteiger partial charge >= 0.3 is 5.97 Å². The number of allylic oxidation sites excluding steroid dienone is 1. The Kier molecular flexibility index (Phi) is 7.82. The molecule has 1 atom stereocenters. The number of carboxylic acids is 1. The van der Waals surface area contributed by atoms with Crippen molar-refractivity contribution in [3.63, 3.8) is 0 Å². The van der Waals surface area contributed by atoms with E-state index in [0.29, 0.717) is 29.3 Å². The van der Waals surface area contributed by atoms with E-state index < -0.39 is 12.1 Å². The Morgan fingerprint density at radius 2 is 1.86 bits per heavy atom. The summed E-state index contributed by atoms with van der Waals surface area (Å²) >= 11 is 0. The molecule has 0 radical (unpaired) electrons. The number of benzene rings is 2. The highest BCUT2D eigenvalue weighted by atomic mass is 16.5. The minimum absolute atomic E-state index is 0.155. The number of carbonyl (C=O) groups is 2. The molecule has 4 aromatic rings. The molecule has 0 fully saturated rings. The molecule has 2 aromatic carbocycles. The average Bonchev–Trinajstić information content (AvgIpc) is 3.32. The van der Waals surface area contributed by atoms with E-state index in [2.05, 4.69) is 9.97 Å². The zero-order chi connectivity index (χ0) is 25.5. The Hall–Kier alpha value is -4.36. The van der Waals surface area contributed by atoms with Gasteiger partial charge in [0.2, 0.25) is 5.78 Å². The van der Waals surface area contributed by atoms with Crippen LogP contribution in [0.2, 0.25) is 0 Å². The molecule has 0 unspecified atom stereocenters. The van der Waals surface area contributed by atoms with Crippen molar-refractivity contribution in [2.24, 2.45) is 0 Å². The lowest BCUT2D eigenvalue weighted by Gasteiger charge is -2.08. The molecule has 0 aliphatic heterocycles. The molecule has 0 bridgehead atoms. The summed E-state index contributed by atoms with van der Waals surface area (Å²) in [5.74, 6) is -0.807. The van der Waals surface area contributed by atoms with Gasteiger partial charge in [-0.05, 0) is 43.2 Å². The topological polar surface area (TPSA) is 94.3 Å². The standard InChI is InChI=1S/C29H27N3O4/c1-20-11-13-24(14-12-20)27(33)28-31-26(25-10-3-4-15-30-25)18-32(28)16-6-9-22-7-5-8-23(17-22)19-36-21(2)29(34)35/h3-15,17-18,21H,16,19H2,1-2H3,(H,34,35)/t21-/m0/s1. The summed E-state index contributed by atoms with van der Waals surface area (Å²) in [6, 6.07) is 20.7. The molecule has 0 saturated carbocycles. The van der Waals surface area contributed by atoms with Crippen LogP contribution in [0.3, 0.4) is 0 Å². The summed E-state index contributed by atoms with van der Waals surface area (Å²) in [5, 5.41) is 8.99. The van der Waals surface area contributed by atoms with Crippen molar-refractivity contribution in [2.75, 3.05) is 0 Å². The van der Waals surface area contributed by atoms with E-state index >= 15 is 0 Å². The van der Waals surface area contributed by atoms with Crippen LogP contribution in [-0.2, 0) is 22.7 Å². The number of pyridine rings is 1. The third-order valence-corrected chi connectivity index (χ3v) is 5.63. The van der Waals surface area contributed by atoms with Crippen molar-refractivity contribution in [1.29, 1.82) is 0 Å². The largest absolute Gasteiger partial charge is 0.479 e. The van der Waals surface area contributed by atoms with Gasteiger partial charge in [0, 0.05) is 24.5 Å². The number of imidazole rings is 1. The van der Waals surface area contributed by atoms with Crippen molar-refractivity contribution >= 4 is 17.8 Å². The summed E-state index contributed by atoms with van der Waals surface area (Å²) in [4.78, 5) is 33.3. The van der Waals surface area contributed by atoms with Crippen molar-refractivity contribution in [3.05, 3.63) is 113 Å². The van der Waals surface area contributed by atoms with Crippen LogP contribution in [0.4, 0.5) is 0 Å². The van der Waals surface area contributed by atoms with E-state index in [1.807, 2.05) is 96.6 Å². The van der Waals surface area contributed by atoms with Crippen LogP contribution in [0.15, 0.2) is 85.2 Å². The fourth-order valence-electron chi connectivity index (χ4n) is 3.59. The van der Waals surface area contributed by atoms with Crippen LogP contribution in [-0.4, -0.2) is 37.5 Å². The molecule has 0 aliphatic carbocycles. The third-order valence-electron chi connectivity index (χ3n) is 5.63. The first-order valence-electron chi connectivity index (χ1n) is 11.6. The monoisotopic (exact) mass is 481 g/mol. The molecule has 0 saturated heterocycles. The van der Waals surface area contributed by atoms with E-state index in [1.165, 1.54) is 6.92 Å². The van der Waals surface area contributed by atoms with Crippen LogP contribution in [0, 0.1) is 6.92 Å². The lowest BCUT2D eigenvalue weighted by atomic mass is 10.1. The number of rotatable bonds is 10. The molecule has 2 heterocycles. The first-order valence-corrected chi connectivity index (χ1v) is 11.6. The van der Waals surface area contributed by atoms with Crippen LogP contribution >= 0.6 is 0 Å². The lowest BCUT2D eigenvalue weighted by molar-refractivity contribution is -0.149. The summed E-state index contributed by atoms with van der Waals surface area (Å²) in [7, 11) is 0. The number of ketones is 1. The summed E-state index contributed by atoms with van der Waals surface area (Å²) < 4.78 is 7.20. The molecule has 0 amide bonds. The quantitative estimate of drug-likeness (QED) is 0.313. The van der Waals surface area contributed by atoms with Gasteiger partial charge < -0.3 is 14.4 Å². The number of aliphatic carboxylic acids is 1. The summed E-state index contributed by atoms with van der Waals surface area (Å²) in [5.41, 5.74) is 4.80. The van der Waals surface area contributed by atoms with E-state index in [-0.39, 0.29) is 12.4 Å². The zero-order valence-electron chi connectivity index (χ0n) is 20.2. The number of nitrogens with zero attached hydrogens (tertiary/aromatic N) is 3. The molecule has 0 spiro atoms. The van der Waals surface area contributed by atoms with Crippen LogP contribution in [0.5, 0.6) is 0 Å². The number of carbonyl (C=O) groups excluding carboxylic acids is 1. The van der Waals surface area contributed by atoms with Crippen molar-refractivity contribution < 1.29 is 19.4 Å². The summed E-state index contributed by atoms with van der Waals surface area (Å²) in [6.45, 7) is 4.13. The molecule has 36 heavy (non-hydrogen) atoms. The molecule has 7 nitrogen and oxygen atoms in total. The molecule has 4 rings (SSSR count). The minimum Gasteiger partial charge on any atom is -0.479 e. The number of aryl methyl sites for hydroxylation is 1. The van der Waals surface area contributed by atoms with Crippen LogP contribution in [0.1, 0.15) is 39.8 Å². The number of hydrogen-bond acceptors (Lipinski definition) is 5. The highest BCUT2D eigenvalue weighted by Crippen LogP contribution is 2.19. The Balaban J connectivity index is 1.55. The fourth-order valence-corrected chi connectivity index (χ4v) is 3.59. The predicted octanol–water partition coefficient (Wildman–Crippen LogP) is 5.19. The average molecular weight is 482 g/mol. The van der Waals surface area contributed by atoms with Gasteiger partial charge in [-0.1, -0.05) is 66.2 Å². The van der Waals surface area contributed by atoms with Crippen LogP contribution in [0.25, 0.3) is 17.5 Å². The normalized spacial score (nSPS) is 12.1. The van der Waals surface area contributed by atoms with Crippen molar-refractivity contribution in [1.82, 2.24) is 14.5 Å². The molecule has 7 heteroatoms. The molecular formula is C29H27N3O4. The zero-order valence-corrected chi connectivity index (χ0v) is 20.2. The highest BCUT2D eigenvalue weighted by molar-refractivity contribution is 6.07. The van der Waals surface area contributed by atoms with Gasteiger partial charge in [0.25, 0.3) is 0 Å². The number of hydrogen-bond donors (Lipinski definition) is 1. The maximum atomic E-state index is 13.3. The Labute approximate surface area is 209 Å². The van der Waals surface area contributed by atoms with Gasteiger partial charge in [0.15, 0.2) is 11.9 Å². The van der Waals surface area contributed by atoms with Gasteiger partial charge in [-0.2, -0.15) is 0 Å². The maximum Gasteiger partial charge on any atom is 0.332 e. The van der Waals surface area contributed by atoms with Gasteiger partial charge in [0.1, 0.15) is 5.69 Å². The first-order chi connectivity index (χ1) is 17.4. The number of carboxylic acid groups (broad SMARTS) is 1. The molecule has 2 aromatic heterocycles. The minimum atomic E-state index is -0.993. The molecule has 0 aliphatic rings. The van der Waals surface area contributed by atoms with E-state index in [1.54, 1.807) is 6.20 Å². The Morgan fingerprint density at radius 1 is 1.06 bits per heavy atom. The predicted molar refractivity (Wildman–Crippen MR) is 137 cm³/mol. The molecular weight excluding hydrogens is 454 g/mol. The van der Waals surface area contributed by atoms with E-state index in [4.69, 9.17) is 9.84 Å². The number of aromatic nitrogens is 3. The second kappa shape index (κ2) is 11.4. The SMILES string of the molecule is Cc1ccc(C(=O)c2nc(-c3ccccn3)cn2CC=Cc2cccc(CO[C@@H](C)C(=O)O)c2)cc1. The second-order valence-electron chi connectivity index (χ2n) is 8.45. The van der Waals surface area contributed by atoms with Gasteiger partial charge in [-0.25, -0.2) is 9.78 Å². The first kappa shape index (κ1) is 24.8. The van der Waals surface area contributed by atoms with Gasteiger partial charge in [-0.15, -0.1) is 0 Å². The Bertz CT molecular complexity index is 1380. The second-order valence-corrected chi connectivity index (χ2v) is 8.45. The smallest absolute Gasteiger partial charge is 0.332 e. The fraction of sp³-hybridized carbons (Fsp3) is 0.172. The summed E-state index contributed by atoms with van der Waals surface area (Å²) in [6.07, 6.45) is 6.57. The molecule has 182 valence electrons. The van der Waals surface area contributed by atoms with Crippen molar-refractivity contribution in [2.45, 2.75) is 33.1 Å². The van der Waals surface area contributed by atoms with E-state index in [0.717, 1.165) is 16.7 Å².